The van der Waals surface area contributed by atoms with E-state index in [0.29, 0.717) is 22.0 Å². The molecule has 3 atom stereocenters. The molecule has 2 amide bonds. The number of pyridine rings is 1. The number of carbonyl (C=O) groups is 2. The van der Waals surface area contributed by atoms with Crippen molar-refractivity contribution in [3.8, 4) is 11.6 Å². The zero-order valence-corrected chi connectivity index (χ0v) is 30.3. The molecule has 0 saturated carbocycles. The number of hydrogen-bond donors (Lipinski definition) is 2. The monoisotopic (exact) mass is 710 g/mol. The molecule has 0 fully saturated rings. The molecule has 0 aliphatic heterocycles. The van der Waals surface area contributed by atoms with Crippen molar-refractivity contribution in [2.45, 2.75) is 79.2 Å². The summed E-state index contributed by atoms with van der Waals surface area (Å²) in [6, 6.07) is 4.73. The average Bonchev–Trinajstić information content (AvgIpc) is 3.40. The van der Waals surface area contributed by atoms with E-state index in [9.17, 15) is 22.8 Å². The predicted molar refractivity (Wildman–Crippen MR) is 187 cm³/mol. The minimum absolute atomic E-state index is 0.0136. The van der Waals surface area contributed by atoms with Crippen molar-refractivity contribution < 1.29 is 41.7 Å². The molecule has 3 unspecified atom stereocenters. The number of thiazole rings is 1. The Kier molecular flexibility index (Phi) is 16.9. The first-order valence-corrected chi connectivity index (χ1v) is 17.0. The molecule has 0 saturated heterocycles. The maximum absolute atomic E-state index is 13.5. The standard InChI is InChI=1S/C25H27F3N4O5S.C10H22O/c1-6-19(25(26,27)28)36-10-9-29-23(33)15-11-20(35-5)30-12-17(15)32-24(34)21-18(37-13(2)3)8-7-16-22(21)38-14(4)31-16;1-5-6-9(2)7-10(3)8-11-4/h6-8,11-13,19H,1,9-10H2,2-5H3,(H,29,33)(H,32,34);9-10H,5-8H2,1-4H3. The van der Waals surface area contributed by atoms with Crippen LogP contribution in [0, 0.1) is 18.8 Å². The quantitative estimate of drug-likeness (QED) is 0.107. The number of ether oxygens (including phenoxy) is 4. The smallest absolute Gasteiger partial charge is 0.418 e. The van der Waals surface area contributed by atoms with Crippen LogP contribution in [-0.2, 0) is 9.47 Å². The second-order valence-electron chi connectivity index (χ2n) is 11.9. The number of alkyl halides is 3. The number of nitrogens with zero attached hydrogens (tertiary/aromatic N) is 2. The van der Waals surface area contributed by atoms with Gasteiger partial charge in [0.2, 0.25) is 5.88 Å². The van der Waals surface area contributed by atoms with Gasteiger partial charge in [-0.3, -0.25) is 9.59 Å². The lowest BCUT2D eigenvalue weighted by molar-refractivity contribution is -0.203. The highest BCUT2D eigenvalue weighted by molar-refractivity contribution is 7.19. The molecule has 0 radical (unpaired) electrons. The van der Waals surface area contributed by atoms with Crippen LogP contribution in [0.3, 0.4) is 0 Å². The summed E-state index contributed by atoms with van der Waals surface area (Å²) in [6.07, 6.45) is -1.13. The van der Waals surface area contributed by atoms with Crippen LogP contribution in [0.5, 0.6) is 11.6 Å². The van der Waals surface area contributed by atoms with Crippen molar-refractivity contribution >= 4 is 39.1 Å². The number of halogens is 3. The lowest BCUT2D eigenvalue weighted by Gasteiger charge is -2.18. The molecule has 0 aliphatic carbocycles. The second kappa shape index (κ2) is 20.1. The third-order valence-corrected chi connectivity index (χ3v) is 8.06. The summed E-state index contributed by atoms with van der Waals surface area (Å²) in [5, 5.41) is 5.93. The highest BCUT2D eigenvalue weighted by Gasteiger charge is 2.38. The second-order valence-corrected chi connectivity index (χ2v) is 13.1. The third kappa shape index (κ3) is 13.2. The molecule has 2 N–H and O–H groups in total. The Labute approximate surface area is 290 Å². The van der Waals surface area contributed by atoms with Gasteiger partial charge in [-0.2, -0.15) is 13.2 Å². The van der Waals surface area contributed by atoms with Crippen LogP contribution < -0.4 is 20.1 Å². The minimum atomic E-state index is -4.61. The maximum Gasteiger partial charge on any atom is 0.418 e. The largest absolute Gasteiger partial charge is 0.490 e. The molecule has 0 spiro atoms. The SMILES string of the molecule is C=CC(OCCNC(=O)c1cc(OC)ncc1NC(=O)c1c(OC(C)C)ccc2nc(C)sc12)C(F)(F)F.CCCC(C)CC(C)COC. The highest BCUT2D eigenvalue weighted by Crippen LogP contribution is 2.34. The van der Waals surface area contributed by atoms with Crippen LogP contribution in [0.25, 0.3) is 10.2 Å². The number of anilines is 1. The number of carbonyl (C=O) groups excluding carboxylic acids is 2. The van der Waals surface area contributed by atoms with E-state index < -0.39 is 30.7 Å². The number of rotatable bonds is 17. The molecule has 0 aliphatic rings. The van der Waals surface area contributed by atoms with Crippen LogP contribution in [0.2, 0.25) is 0 Å². The zero-order valence-electron chi connectivity index (χ0n) is 29.5. The Hall–Kier alpha value is -3.75. The van der Waals surface area contributed by atoms with E-state index in [1.54, 1.807) is 19.2 Å². The van der Waals surface area contributed by atoms with Crippen molar-refractivity contribution in [2.24, 2.45) is 11.8 Å². The van der Waals surface area contributed by atoms with Gasteiger partial charge >= 0.3 is 6.18 Å². The van der Waals surface area contributed by atoms with Gasteiger partial charge in [0.15, 0.2) is 6.10 Å². The van der Waals surface area contributed by atoms with Gasteiger partial charge in [-0.15, -0.1) is 17.9 Å². The fourth-order valence-electron chi connectivity index (χ4n) is 5.06. The van der Waals surface area contributed by atoms with E-state index in [-0.39, 0.29) is 35.3 Å². The molecular weight excluding hydrogens is 661 g/mol. The summed E-state index contributed by atoms with van der Waals surface area (Å²) in [5.41, 5.74) is 0.916. The number of benzene rings is 1. The van der Waals surface area contributed by atoms with Crippen LogP contribution in [0.1, 0.15) is 79.6 Å². The summed E-state index contributed by atoms with van der Waals surface area (Å²) in [4.78, 5) is 34.9. The van der Waals surface area contributed by atoms with Gasteiger partial charge in [0, 0.05) is 26.3 Å². The summed E-state index contributed by atoms with van der Waals surface area (Å²) in [7, 11) is 3.13. The number of amides is 2. The molecule has 14 heteroatoms. The minimum Gasteiger partial charge on any atom is -0.490 e. The first-order valence-electron chi connectivity index (χ1n) is 16.1. The summed E-state index contributed by atoms with van der Waals surface area (Å²) in [5.74, 6) is 0.791. The summed E-state index contributed by atoms with van der Waals surface area (Å²) >= 11 is 1.33. The van der Waals surface area contributed by atoms with Crippen molar-refractivity contribution in [3.63, 3.8) is 0 Å². The van der Waals surface area contributed by atoms with Gasteiger partial charge in [0.1, 0.15) is 11.3 Å². The fraction of sp³-hybridized carbons (Fsp3) is 0.543. The van der Waals surface area contributed by atoms with E-state index in [1.165, 1.54) is 50.0 Å². The van der Waals surface area contributed by atoms with E-state index in [2.05, 4.69) is 48.0 Å². The van der Waals surface area contributed by atoms with Crippen molar-refractivity contribution in [2.75, 3.05) is 39.3 Å². The highest BCUT2D eigenvalue weighted by atomic mass is 32.1. The van der Waals surface area contributed by atoms with E-state index >= 15 is 0 Å². The molecule has 3 rings (SSSR count). The van der Waals surface area contributed by atoms with E-state index in [4.69, 9.17) is 18.9 Å². The third-order valence-electron chi connectivity index (χ3n) is 7.06. The van der Waals surface area contributed by atoms with Gasteiger partial charge in [0.05, 0.1) is 52.5 Å². The fourth-order valence-corrected chi connectivity index (χ4v) is 6.02. The van der Waals surface area contributed by atoms with Crippen LogP contribution >= 0.6 is 11.3 Å². The maximum atomic E-state index is 13.5. The molecule has 272 valence electrons. The number of aryl methyl sites for hydroxylation is 1. The van der Waals surface area contributed by atoms with Gasteiger partial charge in [-0.25, -0.2) is 9.97 Å². The molecule has 10 nitrogen and oxygen atoms in total. The first-order chi connectivity index (χ1) is 23.1. The molecule has 1 aromatic carbocycles. The first kappa shape index (κ1) is 41.4. The Morgan fingerprint density at radius 3 is 2.41 bits per heavy atom. The van der Waals surface area contributed by atoms with Crippen LogP contribution in [0.15, 0.2) is 37.1 Å². The van der Waals surface area contributed by atoms with Gasteiger partial charge in [-0.1, -0.05) is 39.7 Å². The molecule has 49 heavy (non-hydrogen) atoms. The van der Waals surface area contributed by atoms with E-state index in [1.807, 2.05) is 20.8 Å². The summed E-state index contributed by atoms with van der Waals surface area (Å²) < 4.78 is 59.8. The number of hydrogen-bond acceptors (Lipinski definition) is 9. The lowest BCUT2D eigenvalue weighted by atomic mass is 9.94. The normalized spacial score (nSPS) is 13.2. The zero-order chi connectivity index (χ0) is 36.7. The number of methoxy groups -OCH3 is 2. The molecule has 2 heterocycles. The summed E-state index contributed by atoms with van der Waals surface area (Å²) in [6.45, 7) is 15.7. The van der Waals surface area contributed by atoms with Gasteiger partial charge in [-0.05, 0) is 51.2 Å². The Morgan fingerprint density at radius 2 is 1.82 bits per heavy atom. The van der Waals surface area contributed by atoms with Crippen LogP contribution in [-0.4, -0.2) is 74.1 Å². The molecule has 0 bridgehead atoms. The predicted octanol–water partition coefficient (Wildman–Crippen LogP) is 8.01. The molecular formula is C35H49F3N4O6S. The molecule has 3 aromatic rings. The van der Waals surface area contributed by atoms with Gasteiger partial charge < -0.3 is 29.6 Å². The van der Waals surface area contributed by atoms with Crippen LogP contribution in [0.4, 0.5) is 18.9 Å². The Balaban J connectivity index is 0.000000650. The van der Waals surface area contributed by atoms with Crippen molar-refractivity contribution in [1.82, 2.24) is 15.3 Å². The van der Waals surface area contributed by atoms with Gasteiger partial charge in [0.25, 0.3) is 11.8 Å². The van der Waals surface area contributed by atoms with Crippen molar-refractivity contribution in [3.05, 3.63) is 53.2 Å². The topological polar surface area (TPSA) is 121 Å². The average molecular weight is 711 g/mol. The van der Waals surface area contributed by atoms with E-state index in [0.717, 1.165) is 23.5 Å². The lowest BCUT2D eigenvalue weighted by Crippen LogP contribution is -2.34. The van der Waals surface area contributed by atoms with Crippen molar-refractivity contribution in [1.29, 1.82) is 0 Å². The number of nitrogens with one attached hydrogen (secondary N) is 2. The number of fused-ring (bicyclic) bond motifs is 1. The Bertz CT molecular complexity index is 1500. The molecule has 2 aromatic heterocycles. The number of aromatic nitrogens is 2. The Morgan fingerprint density at radius 1 is 1.10 bits per heavy atom.